The number of amides is 1. The Hall–Kier alpha value is -1.61. The summed E-state index contributed by atoms with van der Waals surface area (Å²) in [5.41, 5.74) is 3.78. The summed E-state index contributed by atoms with van der Waals surface area (Å²) in [5, 5.41) is 3.61. The summed E-state index contributed by atoms with van der Waals surface area (Å²) in [5.74, 6) is 0.0783. The van der Waals surface area contributed by atoms with E-state index in [2.05, 4.69) is 37.0 Å². The Kier molecular flexibility index (Phi) is 5.57. The van der Waals surface area contributed by atoms with E-state index in [1.54, 1.807) is 13.0 Å². The van der Waals surface area contributed by atoms with Crippen molar-refractivity contribution in [3.05, 3.63) is 42.0 Å². The molecule has 0 spiro atoms. The van der Waals surface area contributed by atoms with E-state index >= 15 is 0 Å². The molecule has 1 amide bonds. The third-order valence-corrected chi connectivity index (χ3v) is 4.12. The maximum atomic E-state index is 11.9. The van der Waals surface area contributed by atoms with E-state index in [4.69, 9.17) is 0 Å². The lowest BCUT2D eigenvalue weighted by atomic mass is 9.86. The van der Waals surface area contributed by atoms with E-state index < -0.39 is 0 Å². The lowest BCUT2D eigenvalue weighted by Gasteiger charge is -2.30. The van der Waals surface area contributed by atoms with Crippen molar-refractivity contribution in [1.29, 1.82) is 0 Å². The maximum Gasteiger partial charge on any atom is 0.224 e. The number of rotatable bonds is 6. The lowest BCUT2D eigenvalue weighted by Crippen LogP contribution is -2.36. The normalized spacial score (nSPS) is 17.1. The van der Waals surface area contributed by atoms with Gasteiger partial charge in [0.1, 0.15) is 0 Å². The molecule has 1 aliphatic rings. The fourth-order valence-electron chi connectivity index (χ4n) is 3.09. The quantitative estimate of drug-likeness (QED) is 0.815. The Morgan fingerprint density at radius 3 is 3.00 bits per heavy atom. The van der Waals surface area contributed by atoms with Gasteiger partial charge in [0.15, 0.2) is 0 Å². The number of benzene rings is 1. The van der Waals surface area contributed by atoms with E-state index in [9.17, 15) is 4.79 Å². The van der Waals surface area contributed by atoms with Gasteiger partial charge in [0.2, 0.25) is 5.91 Å². The number of nitrogens with zero attached hydrogens (tertiary/aromatic N) is 1. The highest BCUT2D eigenvalue weighted by molar-refractivity contribution is 5.92. The minimum absolute atomic E-state index is 0.0783. The highest BCUT2D eigenvalue weighted by Gasteiger charge is 2.23. The van der Waals surface area contributed by atoms with Crippen LogP contribution < -0.4 is 10.2 Å². The first kappa shape index (κ1) is 15.8. The first-order valence-electron chi connectivity index (χ1n) is 7.90. The zero-order chi connectivity index (χ0) is 15.2. The van der Waals surface area contributed by atoms with Crippen LogP contribution in [0, 0.1) is 0 Å². The Labute approximate surface area is 128 Å². The average Bonchev–Trinajstić information content (AvgIpc) is 2.49. The van der Waals surface area contributed by atoms with Crippen molar-refractivity contribution in [1.82, 2.24) is 5.32 Å². The zero-order valence-electron chi connectivity index (χ0n) is 13.2. The topological polar surface area (TPSA) is 32.3 Å². The van der Waals surface area contributed by atoms with Crippen LogP contribution in [0.1, 0.15) is 37.8 Å². The molecule has 1 N–H and O–H groups in total. The van der Waals surface area contributed by atoms with Crippen LogP contribution in [0.15, 0.2) is 30.9 Å². The summed E-state index contributed by atoms with van der Waals surface area (Å²) in [4.78, 5) is 13.7. The number of nitrogens with one attached hydrogen (secondary N) is 1. The van der Waals surface area contributed by atoms with Crippen LogP contribution >= 0.6 is 0 Å². The van der Waals surface area contributed by atoms with Crippen LogP contribution in [-0.4, -0.2) is 25.0 Å². The molecule has 0 aliphatic heterocycles. The lowest BCUT2D eigenvalue weighted by molar-refractivity contribution is -0.116. The van der Waals surface area contributed by atoms with Crippen LogP contribution in [0.5, 0.6) is 0 Å². The summed E-state index contributed by atoms with van der Waals surface area (Å²) < 4.78 is 0. The van der Waals surface area contributed by atoms with Gasteiger partial charge < -0.3 is 10.2 Å². The summed E-state index contributed by atoms with van der Waals surface area (Å²) in [6.07, 6.45) is 6.19. The third-order valence-electron chi connectivity index (χ3n) is 4.12. The van der Waals surface area contributed by atoms with Crippen molar-refractivity contribution < 1.29 is 4.79 Å². The molecule has 0 saturated carbocycles. The fourth-order valence-corrected chi connectivity index (χ4v) is 3.09. The van der Waals surface area contributed by atoms with Gasteiger partial charge in [-0.3, -0.25) is 4.79 Å². The summed E-state index contributed by atoms with van der Waals surface area (Å²) in [7, 11) is 0. The minimum Gasteiger partial charge on any atom is -0.314 e. The standard InChI is InChI=1S/C18H26N2O/c1-4-11-19-16-9-10-17-15(13-16)7-6-8-18(17)20(12-5-2)14(3)21/h5-8,16,19H,2,4,9-13H2,1,3H3. The minimum atomic E-state index is 0.0783. The maximum absolute atomic E-state index is 11.9. The van der Waals surface area contributed by atoms with Crippen LogP contribution in [0.2, 0.25) is 0 Å². The highest BCUT2D eigenvalue weighted by atomic mass is 16.2. The average molecular weight is 286 g/mol. The van der Waals surface area contributed by atoms with Crippen LogP contribution in [0.4, 0.5) is 5.69 Å². The molecule has 3 nitrogen and oxygen atoms in total. The predicted octanol–water partition coefficient (Wildman–Crippen LogP) is 3.08. The van der Waals surface area contributed by atoms with E-state index in [1.807, 2.05) is 4.90 Å². The molecule has 0 heterocycles. The van der Waals surface area contributed by atoms with Gasteiger partial charge in [-0.15, -0.1) is 6.58 Å². The van der Waals surface area contributed by atoms with Gasteiger partial charge in [-0.05, 0) is 49.4 Å². The molecule has 0 radical (unpaired) electrons. The third kappa shape index (κ3) is 3.73. The smallest absolute Gasteiger partial charge is 0.224 e. The van der Waals surface area contributed by atoms with Crippen LogP contribution in [-0.2, 0) is 17.6 Å². The molecular formula is C18H26N2O. The number of carbonyl (C=O) groups is 1. The Bertz CT molecular complexity index is 510. The van der Waals surface area contributed by atoms with E-state index in [0.29, 0.717) is 12.6 Å². The van der Waals surface area contributed by atoms with Crippen LogP contribution in [0.3, 0.4) is 0 Å². The molecule has 0 aromatic heterocycles. The molecule has 0 bridgehead atoms. The van der Waals surface area contributed by atoms with Gasteiger partial charge >= 0.3 is 0 Å². The SMILES string of the molecule is C=CCN(C(C)=O)c1cccc2c1CCC(NCCC)C2. The second-order valence-corrected chi connectivity index (χ2v) is 5.73. The van der Waals surface area contributed by atoms with E-state index in [0.717, 1.165) is 31.5 Å². The molecule has 1 atom stereocenters. The summed E-state index contributed by atoms with van der Waals surface area (Å²) in [6, 6.07) is 6.89. The fraction of sp³-hybridized carbons (Fsp3) is 0.500. The molecule has 1 aromatic carbocycles. The second-order valence-electron chi connectivity index (χ2n) is 5.73. The van der Waals surface area contributed by atoms with Crippen molar-refractivity contribution in [3.8, 4) is 0 Å². The van der Waals surface area contributed by atoms with Gasteiger partial charge in [0.25, 0.3) is 0 Å². The molecule has 3 heteroatoms. The van der Waals surface area contributed by atoms with Crippen molar-refractivity contribution in [2.75, 3.05) is 18.0 Å². The molecule has 114 valence electrons. The van der Waals surface area contributed by atoms with Gasteiger partial charge in [0.05, 0.1) is 0 Å². The van der Waals surface area contributed by atoms with Crippen molar-refractivity contribution in [2.24, 2.45) is 0 Å². The van der Waals surface area contributed by atoms with Crippen molar-refractivity contribution in [2.45, 2.75) is 45.6 Å². The zero-order valence-corrected chi connectivity index (χ0v) is 13.2. The first-order chi connectivity index (χ1) is 10.2. The van der Waals surface area contributed by atoms with Gasteiger partial charge in [-0.1, -0.05) is 25.1 Å². The van der Waals surface area contributed by atoms with Crippen molar-refractivity contribution in [3.63, 3.8) is 0 Å². The Morgan fingerprint density at radius 2 is 2.33 bits per heavy atom. The molecule has 2 rings (SSSR count). The van der Waals surface area contributed by atoms with Crippen molar-refractivity contribution >= 4 is 11.6 Å². The second kappa shape index (κ2) is 7.41. The molecule has 1 unspecified atom stereocenters. The largest absolute Gasteiger partial charge is 0.314 e. The van der Waals surface area contributed by atoms with Gasteiger partial charge in [0, 0.05) is 25.2 Å². The molecule has 1 aliphatic carbocycles. The number of hydrogen-bond acceptors (Lipinski definition) is 2. The molecule has 0 saturated heterocycles. The predicted molar refractivity (Wildman–Crippen MR) is 88.8 cm³/mol. The number of carbonyl (C=O) groups excluding carboxylic acids is 1. The van der Waals surface area contributed by atoms with Gasteiger partial charge in [-0.2, -0.15) is 0 Å². The Morgan fingerprint density at radius 1 is 1.52 bits per heavy atom. The number of anilines is 1. The van der Waals surface area contributed by atoms with Crippen LogP contribution in [0.25, 0.3) is 0 Å². The number of fused-ring (bicyclic) bond motifs is 1. The summed E-state index contributed by atoms with van der Waals surface area (Å²) in [6.45, 7) is 9.23. The number of hydrogen-bond donors (Lipinski definition) is 1. The van der Waals surface area contributed by atoms with E-state index in [1.165, 1.54) is 17.5 Å². The van der Waals surface area contributed by atoms with Gasteiger partial charge in [-0.25, -0.2) is 0 Å². The first-order valence-corrected chi connectivity index (χ1v) is 7.90. The Balaban J connectivity index is 2.23. The molecule has 21 heavy (non-hydrogen) atoms. The monoisotopic (exact) mass is 286 g/mol. The molecule has 1 aromatic rings. The van der Waals surface area contributed by atoms with E-state index in [-0.39, 0.29) is 5.91 Å². The highest BCUT2D eigenvalue weighted by Crippen LogP contribution is 2.30. The summed E-state index contributed by atoms with van der Waals surface area (Å²) >= 11 is 0. The molecule has 0 fully saturated rings. The molecular weight excluding hydrogens is 260 g/mol.